The summed E-state index contributed by atoms with van der Waals surface area (Å²) in [6.45, 7) is 4.01. The van der Waals surface area contributed by atoms with Crippen molar-refractivity contribution < 1.29 is 4.79 Å². The molecule has 0 aliphatic heterocycles. The van der Waals surface area contributed by atoms with Gasteiger partial charge in [-0.3, -0.25) is 4.79 Å². The Morgan fingerprint density at radius 1 is 1.17 bits per heavy atom. The van der Waals surface area contributed by atoms with Crippen LogP contribution in [0.25, 0.3) is 0 Å². The van der Waals surface area contributed by atoms with Crippen molar-refractivity contribution in [2.75, 3.05) is 11.1 Å². The van der Waals surface area contributed by atoms with Crippen LogP contribution in [0.1, 0.15) is 21.5 Å². The van der Waals surface area contributed by atoms with Crippen molar-refractivity contribution in [1.29, 1.82) is 0 Å². The fraction of sp³-hybridized carbons (Fsp3) is 0.154. The summed E-state index contributed by atoms with van der Waals surface area (Å²) in [6.07, 6.45) is 1.98. The van der Waals surface area contributed by atoms with Gasteiger partial charge in [0.15, 0.2) is 6.29 Å². The highest BCUT2D eigenvalue weighted by molar-refractivity contribution is 5.89. The van der Waals surface area contributed by atoms with Crippen molar-refractivity contribution in [3.8, 4) is 0 Å². The maximum Gasteiger partial charge on any atom is 0.157 e. The third kappa shape index (κ3) is 2.45. The van der Waals surface area contributed by atoms with E-state index in [1.165, 1.54) is 6.33 Å². The number of hydrogen-bond donors (Lipinski definition) is 2. The maximum absolute atomic E-state index is 11.0. The number of nitrogens with one attached hydrogen (secondary N) is 1. The highest BCUT2D eigenvalue weighted by atomic mass is 16.1. The van der Waals surface area contributed by atoms with Crippen LogP contribution in [0.15, 0.2) is 24.5 Å². The molecular formula is C13H14N4O. The van der Waals surface area contributed by atoms with Gasteiger partial charge in [-0.2, -0.15) is 0 Å². The molecule has 0 spiro atoms. The van der Waals surface area contributed by atoms with Gasteiger partial charge in [-0.15, -0.1) is 0 Å². The van der Waals surface area contributed by atoms with Crippen LogP contribution in [0.2, 0.25) is 0 Å². The first-order valence-electron chi connectivity index (χ1n) is 5.51. The van der Waals surface area contributed by atoms with Crippen LogP contribution in [0.5, 0.6) is 0 Å². The molecule has 0 radical (unpaired) electrons. The molecule has 2 rings (SSSR count). The van der Waals surface area contributed by atoms with Gasteiger partial charge in [0.2, 0.25) is 0 Å². The molecule has 0 atom stereocenters. The molecule has 92 valence electrons. The van der Waals surface area contributed by atoms with Crippen LogP contribution in [0.3, 0.4) is 0 Å². The average molecular weight is 242 g/mol. The van der Waals surface area contributed by atoms with E-state index < -0.39 is 0 Å². The molecule has 0 amide bonds. The van der Waals surface area contributed by atoms with E-state index in [1.54, 1.807) is 0 Å². The van der Waals surface area contributed by atoms with Gasteiger partial charge in [-0.05, 0) is 37.1 Å². The van der Waals surface area contributed by atoms with E-state index in [-0.39, 0.29) is 11.4 Å². The third-order valence-electron chi connectivity index (χ3n) is 2.52. The number of nitrogens with zero attached hydrogens (tertiary/aromatic N) is 2. The van der Waals surface area contributed by atoms with Crippen LogP contribution in [-0.4, -0.2) is 16.3 Å². The highest BCUT2D eigenvalue weighted by Crippen LogP contribution is 2.21. The lowest BCUT2D eigenvalue weighted by molar-refractivity contribution is 0.112. The number of aromatic nitrogens is 2. The molecule has 1 aromatic heterocycles. The van der Waals surface area contributed by atoms with Gasteiger partial charge in [-0.25, -0.2) is 9.97 Å². The predicted molar refractivity (Wildman–Crippen MR) is 71.0 cm³/mol. The molecule has 0 aliphatic carbocycles. The lowest BCUT2D eigenvalue weighted by Gasteiger charge is -2.10. The fourth-order valence-corrected chi connectivity index (χ4v) is 1.81. The third-order valence-corrected chi connectivity index (χ3v) is 2.52. The van der Waals surface area contributed by atoms with Crippen molar-refractivity contribution in [3.63, 3.8) is 0 Å². The van der Waals surface area contributed by atoms with Gasteiger partial charge in [0, 0.05) is 5.69 Å². The predicted octanol–water partition coefficient (Wildman–Crippen LogP) is 2.23. The Morgan fingerprint density at radius 2 is 1.83 bits per heavy atom. The van der Waals surface area contributed by atoms with Crippen LogP contribution in [-0.2, 0) is 0 Å². The molecule has 0 saturated heterocycles. The van der Waals surface area contributed by atoms with Crippen LogP contribution in [0.4, 0.5) is 17.3 Å². The normalized spacial score (nSPS) is 10.1. The molecule has 2 aromatic rings. The zero-order valence-electron chi connectivity index (χ0n) is 10.3. The zero-order valence-corrected chi connectivity index (χ0v) is 10.3. The molecular weight excluding hydrogens is 228 g/mol. The van der Waals surface area contributed by atoms with Crippen LogP contribution < -0.4 is 11.1 Å². The summed E-state index contributed by atoms with van der Waals surface area (Å²) < 4.78 is 0. The lowest BCUT2D eigenvalue weighted by atomic mass is 10.1. The fourth-order valence-electron chi connectivity index (χ4n) is 1.81. The van der Waals surface area contributed by atoms with E-state index >= 15 is 0 Å². The second-order valence-corrected chi connectivity index (χ2v) is 4.14. The lowest BCUT2D eigenvalue weighted by Crippen LogP contribution is -2.04. The molecule has 5 nitrogen and oxygen atoms in total. The largest absolute Gasteiger partial charge is 0.383 e. The minimum atomic E-state index is 0.173. The first kappa shape index (κ1) is 12.0. The van der Waals surface area contributed by atoms with Crippen molar-refractivity contribution >= 4 is 23.6 Å². The van der Waals surface area contributed by atoms with E-state index in [9.17, 15) is 4.79 Å². The van der Waals surface area contributed by atoms with Crippen molar-refractivity contribution in [3.05, 3.63) is 41.2 Å². The van der Waals surface area contributed by atoms with Gasteiger partial charge in [0.1, 0.15) is 18.0 Å². The van der Waals surface area contributed by atoms with Crippen molar-refractivity contribution in [1.82, 2.24) is 9.97 Å². The van der Waals surface area contributed by atoms with Crippen molar-refractivity contribution in [2.45, 2.75) is 13.8 Å². The average Bonchev–Trinajstić information content (AvgIpc) is 2.27. The minimum absolute atomic E-state index is 0.173. The van der Waals surface area contributed by atoms with E-state index in [1.807, 2.05) is 26.0 Å². The molecule has 0 aliphatic rings. The Morgan fingerprint density at radius 3 is 2.44 bits per heavy atom. The second kappa shape index (κ2) is 4.83. The van der Waals surface area contributed by atoms with Gasteiger partial charge in [0.25, 0.3) is 0 Å². The van der Waals surface area contributed by atoms with Gasteiger partial charge >= 0.3 is 0 Å². The van der Waals surface area contributed by atoms with Crippen molar-refractivity contribution in [2.24, 2.45) is 0 Å². The van der Waals surface area contributed by atoms with E-state index in [0.717, 1.165) is 16.8 Å². The first-order valence-corrected chi connectivity index (χ1v) is 5.51. The minimum Gasteiger partial charge on any atom is -0.383 e. The summed E-state index contributed by atoms with van der Waals surface area (Å²) in [6, 6.07) is 6.01. The topological polar surface area (TPSA) is 80.9 Å². The number of nitrogens with two attached hydrogens (primary N) is 1. The molecule has 1 heterocycles. The summed E-state index contributed by atoms with van der Waals surface area (Å²) >= 11 is 0. The Bertz CT molecular complexity index is 575. The van der Waals surface area contributed by atoms with Gasteiger partial charge in [-0.1, -0.05) is 6.07 Å². The number of aldehydes is 1. The molecule has 3 N–H and O–H groups in total. The number of hydrogen-bond acceptors (Lipinski definition) is 5. The number of nitrogen functional groups attached to an aromatic ring is 1. The van der Waals surface area contributed by atoms with E-state index in [0.29, 0.717) is 12.1 Å². The smallest absolute Gasteiger partial charge is 0.157 e. The summed E-state index contributed by atoms with van der Waals surface area (Å²) in [5.41, 5.74) is 9.03. The SMILES string of the molecule is Cc1cc(C)cc(Nc2ncnc(N)c2C=O)c1. The van der Waals surface area contributed by atoms with Gasteiger partial charge < -0.3 is 11.1 Å². The van der Waals surface area contributed by atoms with E-state index in [2.05, 4.69) is 21.4 Å². The molecule has 0 bridgehead atoms. The Hall–Kier alpha value is -2.43. The molecule has 0 saturated carbocycles. The standard InChI is InChI=1S/C13H14N4O/c1-8-3-9(2)5-10(4-8)17-13-11(6-18)12(14)15-7-16-13/h3-7H,1-2H3,(H3,14,15,16,17). The second-order valence-electron chi connectivity index (χ2n) is 4.14. The molecule has 1 aromatic carbocycles. The molecule has 0 unspecified atom stereocenters. The maximum atomic E-state index is 11.0. The number of benzene rings is 1. The number of anilines is 3. The summed E-state index contributed by atoms with van der Waals surface area (Å²) in [7, 11) is 0. The Balaban J connectivity index is 2.39. The number of carbonyl (C=O) groups excluding carboxylic acids is 1. The Kier molecular flexibility index (Phi) is 3.23. The molecule has 0 fully saturated rings. The Labute approximate surface area is 105 Å². The summed E-state index contributed by atoms with van der Waals surface area (Å²) in [4.78, 5) is 18.8. The van der Waals surface area contributed by atoms with Crippen LogP contribution >= 0.6 is 0 Å². The molecule has 5 heteroatoms. The van der Waals surface area contributed by atoms with E-state index in [4.69, 9.17) is 5.73 Å². The highest BCUT2D eigenvalue weighted by Gasteiger charge is 2.08. The number of rotatable bonds is 3. The summed E-state index contributed by atoms with van der Waals surface area (Å²) in [5, 5.41) is 3.08. The van der Waals surface area contributed by atoms with Crippen LogP contribution in [0, 0.1) is 13.8 Å². The van der Waals surface area contributed by atoms with Gasteiger partial charge in [0.05, 0.1) is 5.56 Å². The molecule has 18 heavy (non-hydrogen) atoms. The first-order chi connectivity index (χ1) is 8.60. The summed E-state index contributed by atoms with van der Waals surface area (Å²) in [5.74, 6) is 0.592. The number of aryl methyl sites for hydroxylation is 2. The quantitative estimate of drug-likeness (QED) is 0.807. The zero-order chi connectivity index (χ0) is 13.1. The monoisotopic (exact) mass is 242 g/mol. The number of carbonyl (C=O) groups is 1.